The number of amides is 1. The van der Waals surface area contributed by atoms with Gasteiger partial charge in [-0.2, -0.15) is 5.10 Å². The summed E-state index contributed by atoms with van der Waals surface area (Å²) in [6.45, 7) is 6.23. The molecule has 2 aliphatic heterocycles. The van der Waals surface area contributed by atoms with Crippen LogP contribution in [0.4, 0.5) is 0 Å². The first-order valence-corrected chi connectivity index (χ1v) is 11.9. The molecule has 3 aromatic rings. The van der Waals surface area contributed by atoms with Crippen molar-refractivity contribution in [2.45, 2.75) is 39.3 Å². The van der Waals surface area contributed by atoms with Crippen LogP contribution in [0.5, 0.6) is 0 Å². The summed E-state index contributed by atoms with van der Waals surface area (Å²) in [6.07, 6.45) is 1.62. The van der Waals surface area contributed by atoms with Gasteiger partial charge in [0.1, 0.15) is 0 Å². The fraction of sp³-hybridized carbons (Fsp3) is 0.286. The summed E-state index contributed by atoms with van der Waals surface area (Å²) < 4.78 is 0. The van der Waals surface area contributed by atoms with Crippen molar-refractivity contribution in [3.63, 3.8) is 0 Å². The molecule has 5 rings (SSSR count). The van der Waals surface area contributed by atoms with Gasteiger partial charge in [0.25, 0.3) is 5.91 Å². The Labute approximate surface area is 200 Å². The summed E-state index contributed by atoms with van der Waals surface area (Å²) in [5.74, 6) is 0.0122. The van der Waals surface area contributed by atoms with Crippen LogP contribution in [0, 0.1) is 13.8 Å². The number of hydrazone groups is 1. The maximum Gasteiger partial charge on any atom is 0.257 e. The van der Waals surface area contributed by atoms with Gasteiger partial charge in [0.15, 0.2) is 0 Å². The van der Waals surface area contributed by atoms with Crippen LogP contribution in [0.2, 0.25) is 5.02 Å². The van der Waals surface area contributed by atoms with E-state index in [1.54, 1.807) is 5.01 Å². The molecule has 33 heavy (non-hydrogen) atoms. The zero-order chi connectivity index (χ0) is 22.9. The number of benzene rings is 3. The predicted molar refractivity (Wildman–Crippen MR) is 134 cm³/mol. The SMILES string of the molecule is Cc1ccc(C2=NN(C(=O)CN3CCc4ccccc4C3)[C@@H](c3ccccc3Cl)C2)cc1C. The van der Waals surface area contributed by atoms with Gasteiger partial charge >= 0.3 is 0 Å². The highest BCUT2D eigenvalue weighted by atomic mass is 35.5. The third-order valence-electron chi connectivity index (χ3n) is 6.84. The van der Waals surface area contributed by atoms with E-state index in [1.807, 2.05) is 24.3 Å². The van der Waals surface area contributed by atoms with Crippen molar-refractivity contribution in [2.24, 2.45) is 5.10 Å². The Kier molecular flexibility index (Phi) is 6.05. The lowest BCUT2D eigenvalue weighted by molar-refractivity contribution is -0.134. The summed E-state index contributed by atoms with van der Waals surface area (Å²) in [4.78, 5) is 15.8. The van der Waals surface area contributed by atoms with E-state index in [4.69, 9.17) is 16.7 Å². The number of fused-ring (bicyclic) bond motifs is 1. The Morgan fingerprint density at radius 3 is 2.55 bits per heavy atom. The van der Waals surface area contributed by atoms with Gasteiger partial charge < -0.3 is 0 Å². The number of hydrogen-bond donors (Lipinski definition) is 0. The normalized spacial score (nSPS) is 18.2. The molecular weight excluding hydrogens is 430 g/mol. The van der Waals surface area contributed by atoms with Crippen molar-refractivity contribution in [3.8, 4) is 0 Å². The molecule has 0 saturated carbocycles. The molecule has 0 N–H and O–H groups in total. The van der Waals surface area contributed by atoms with Gasteiger partial charge in [-0.05, 0) is 65.8 Å². The second-order valence-electron chi connectivity index (χ2n) is 9.05. The molecule has 1 amide bonds. The number of hydrogen-bond acceptors (Lipinski definition) is 3. The maximum absolute atomic E-state index is 13.6. The molecule has 0 unspecified atom stereocenters. The van der Waals surface area contributed by atoms with E-state index in [0.717, 1.165) is 36.3 Å². The molecule has 3 aromatic carbocycles. The Bertz CT molecular complexity index is 1240. The van der Waals surface area contributed by atoms with Crippen molar-refractivity contribution in [2.75, 3.05) is 13.1 Å². The fourth-order valence-corrected chi connectivity index (χ4v) is 5.04. The molecular formula is C28H28ClN3O. The predicted octanol–water partition coefficient (Wildman–Crippen LogP) is 5.69. The van der Waals surface area contributed by atoms with Gasteiger partial charge in [-0.3, -0.25) is 9.69 Å². The molecule has 0 saturated heterocycles. The maximum atomic E-state index is 13.6. The molecule has 4 nitrogen and oxygen atoms in total. The van der Waals surface area contributed by atoms with Crippen molar-refractivity contribution in [3.05, 3.63) is 105 Å². The Morgan fingerprint density at radius 2 is 1.76 bits per heavy atom. The molecule has 0 spiro atoms. The molecule has 0 bridgehead atoms. The van der Waals surface area contributed by atoms with Crippen molar-refractivity contribution < 1.29 is 4.79 Å². The molecule has 2 heterocycles. The Balaban J connectivity index is 1.42. The van der Waals surface area contributed by atoms with E-state index in [-0.39, 0.29) is 11.9 Å². The molecule has 168 valence electrons. The monoisotopic (exact) mass is 457 g/mol. The fourth-order valence-electron chi connectivity index (χ4n) is 4.78. The van der Waals surface area contributed by atoms with E-state index in [9.17, 15) is 4.79 Å². The molecule has 0 aliphatic carbocycles. The first-order valence-electron chi connectivity index (χ1n) is 11.5. The third kappa shape index (κ3) is 4.46. The minimum atomic E-state index is -0.195. The van der Waals surface area contributed by atoms with Gasteiger partial charge in [0.05, 0.1) is 18.3 Å². The van der Waals surface area contributed by atoms with Crippen LogP contribution >= 0.6 is 11.6 Å². The number of halogens is 1. The zero-order valence-corrected chi connectivity index (χ0v) is 19.8. The zero-order valence-electron chi connectivity index (χ0n) is 19.1. The highest BCUT2D eigenvalue weighted by molar-refractivity contribution is 6.31. The lowest BCUT2D eigenvalue weighted by Crippen LogP contribution is -2.40. The lowest BCUT2D eigenvalue weighted by Gasteiger charge is -2.30. The van der Waals surface area contributed by atoms with Crippen LogP contribution in [0.15, 0.2) is 71.8 Å². The smallest absolute Gasteiger partial charge is 0.257 e. The second kappa shape index (κ2) is 9.12. The minimum absolute atomic E-state index is 0.0122. The van der Waals surface area contributed by atoms with Crippen LogP contribution in [0.1, 0.15) is 45.8 Å². The van der Waals surface area contributed by atoms with E-state index in [0.29, 0.717) is 18.0 Å². The van der Waals surface area contributed by atoms with Crippen molar-refractivity contribution in [1.29, 1.82) is 0 Å². The van der Waals surface area contributed by atoms with Crippen LogP contribution in [-0.2, 0) is 17.8 Å². The summed E-state index contributed by atoms with van der Waals surface area (Å²) in [6, 6.07) is 22.5. The van der Waals surface area contributed by atoms with Gasteiger partial charge in [-0.15, -0.1) is 0 Å². The molecule has 0 radical (unpaired) electrons. The van der Waals surface area contributed by atoms with Crippen LogP contribution in [0.25, 0.3) is 0 Å². The average molecular weight is 458 g/mol. The van der Waals surface area contributed by atoms with Crippen molar-refractivity contribution in [1.82, 2.24) is 9.91 Å². The lowest BCUT2D eigenvalue weighted by atomic mass is 9.96. The van der Waals surface area contributed by atoms with Gasteiger partial charge in [-0.25, -0.2) is 5.01 Å². The van der Waals surface area contributed by atoms with Gasteiger partial charge in [-0.1, -0.05) is 66.2 Å². The number of nitrogens with zero attached hydrogens (tertiary/aromatic N) is 3. The molecule has 5 heteroatoms. The van der Waals surface area contributed by atoms with Gasteiger partial charge in [0.2, 0.25) is 0 Å². The van der Waals surface area contributed by atoms with Crippen LogP contribution in [0.3, 0.4) is 0 Å². The van der Waals surface area contributed by atoms with E-state index in [2.05, 4.69) is 61.2 Å². The molecule has 0 fully saturated rings. The average Bonchev–Trinajstić information content (AvgIpc) is 3.26. The standard InChI is InChI=1S/C28H28ClN3O/c1-19-11-12-22(15-20(19)2)26-16-27(24-9-5-6-10-25(24)29)32(30-26)28(33)18-31-14-13-21-7-3-4-8-23(21)17-31/h3-12,15,27H,13-14,16-18H2,1-2H3/t27-/m1/s1. The number of carbonyl (C=O) groups excluding carboxylic acids is 1. The number of aryl methyl sites for hydroxylation is 2. The van der Waals surface area contributed by atoms with E-state index < -0.39 is 0 Å². The van der Waals surface area contributed by atoms with E-state index in [1.165, 1.54) is 22.3 Å². The van der Waals surface area contributed by atoms with E-state index >= 15 is 0 Å². The summed E-state index contributed by atoms with van der Waals surface area (Å²) in [5, 5.41) is 7.20. The molecule has 0 aromatic heterocycles. The summed E-state index contributed by atoms with van der Waals surface area (Å²) in [7, 11) is 0. The van der Waals surface area contributed by atoms with Crippen molar-refractivity contribution >= 4 is 23.2 Å². The summed E-state index contributed by atoms with van der Waals surface area (Å²) in [5.41, 5.74) is 8.10. The highest BCUT2D eigenvalue weighted by Crippen LogP contribution is 2.36. The second-order valence-corrected chi connectivity index (χ2v) is 9.46. The first-order chi connectivity index (χ1) is 16.0. The highest BCUT2D eigenvalue weighted by Gasteiger charge is 2.35. The minimum Gasteiger partial charge on any atom is -0.290 e. The quantitative estimate of drug-likeness (QED) is 0.504. The van der Waals surface area contributed by atoms with Crippen LogP contribution < -0.4 is 0 Å². The topological polar surface area (TPSA) is 35.9 Å². The largest absolute Gasteiger partial charge is 0.290 e. The molecule has 2 aliphatic rings. The van der Waals surface area contributed by atoms with Gasteiger partial charge in [0, 0.05) is 24.5 Å². The number of carbonyl (C=O) groups is 1. The number of rotatable bonds is 4. The third-order valence-corrected chi connectivity index (χ3v) is 7.18. The first kappa shape index (κ1) is 21.9. The van der Waals surface area contributed by atoms with Crippen LogP contribution in [-0.4, -0.2) is 34.6 Å². The Hall–Kier alpha value is -2.95. The molecule has 1 atom stereocenters. The summed E-state index contributed by atoms with van der Waals surface area (Å²) >= 11 is 6.56. The Morgan fingerprint density at radius 1 is 1.00 bits per heavy atom.